The number of hydrogen-bond acceptors (Lipinski definition) is 2. The quantitative estimate of drug-likeness (QED) is 0.177. The highest BCUT2D eigenvalue weighted by atomic mass is 14.7. The Morgan fingerprint density at radius 1 is 0.543 bits per heavy atom. The largest absolute Gasteiger partial charge is 0.248 e. The lowest BCUT2D eigenvalue weighted by Crippen LogP contribution is -2.04. The molecule has 0 amide bonds. The number of unbranched alkanes of at least 4 members (excludes halogenated alkanes) is 3. The molecule has 6 aromatic rings. The van der Waals surface area contributed by atoms with E-state index in [0.717, 1.165) is 28.5 Å². The minimum absolute atomic E-state index is 0.296. The topological polar surface area (TPSA) is 25.8 Å². The highest BCUT2D eigenvalue weighted by molar-refractivity contribution is 5.97. The van der Waals surface area contributed by atoms with Crippen LogP contribution in [0.4, 0.5) is 0 Å². The molecule has 0 N–H and O–H groups in total. The summed E-state index contributed by atoms with van der Waals surface area (Å²) in [5, 5.41) is 4.92. The molecule has 0 bridgehead atoms. The smallest absolute Gasteiger partial charge is 0.0712 e. The maximum atomic E-state index is 5.02. The van der Waals surface area contributed by atoms with Crippen LogP contribution in [-0.2, 0) is 0 Å². The van der Waals surface area contributed by atoms with Gasteiger partial charge in [-0.3, -0.25) is 0 Å². The number of nitrogens with zero attached hydrogens (tertiary/aromatic N) is 2. The Morgan fingerprint density at radius 2 is 1.06 bits per heavy atom. The van der Waals surface area contributed by atoms with E-state index in [2.05, 4.69) is 104 Å². The van der Waals surface area contributed by atoms with E-state index in [0.29, 0.717) is 5.92 Å². The summed E-state index contributed by atoms with van der Waals surface area (Å²) in [7, 11) is 0. The first kappa shape index (κ1) is 21.7. The molecule has 4 aromatic carbocycles. The van der Waals surface area contributed by atoms with Crippen molar-refractivity contribution < 1.29 is 0 Å². The van der Waals surface area contributed by atoms with Gasteiger partial charge in [-0.25, -0.2) is 9.97 Å². The van der Waals surface area contributed by atoms with Crippen LogP contribution >= 0.6 is 0 Å². The summed E-state index contributed by atoms with van der Waals surface area (Å²) in [6.07, 6.45) is 6.14. The summed E-state index contributed by atoms with van der Waals surface area (Å²) < 4.78 is 0. The van der Waals surface area contributed by atoms with E-state index in [9.17, 15) is 0 Å². The second-order valence-electron chi connectivity index (χ2n) is 9.59. The third-order valence-electron chi connectivity index (χ3n) is 7.29. The van der Waals surface area contributed by atoms with E-state index in [1.54, 1.807) is 0 Å². The predicted molar refractivity (Wildman–Crippen MR) is 149 cm³/mol. The van der Waals surface area contributed by atoms with Gasteiger partial charge in [-0.2, -0.15) is 0 Å². The van der Waals surface area contributed by atoms with Crippen LogP contribution < -0.4 is 0 Å². The molecule has 0 atom stereocenters. The van der Waals surface area contributed by atoms with Crippen LogP contribution in [0.2, 0.25) is 0 Å². The summed E-state index contributed by atoms with van der Waals surface area (Å²) in [6, 6.07) is 34.8. The number of fused-ring (bicyclic) bond motifs is 4. The number of rotatable bonds is 7. The molecule has 0 aliphatic rings. The van der Waals surface area contributed by atoms with Crippen molar-refractivity contribution in [2.45, 2.75) is 44.9 Å². The van der Waals surface area contributed by atoms with Crippen LogP contribution in [0.3, 0.4) is 0 Å². The van der Waals surface area contributed by atoms with Gasteiger partial charge in [0.15, 0.2) is 0 Å². The Labute approximate surface area is 206 Å². The van der Waals surface area contributed by atoms with Crippen LogP contribution in [0.1, 0.15) is 56.1 Å². The maximum Gasteiger partial charge on any atom is 0.0712 e. The standard InChI is InChI=1S/C33H30N2/c1-2-3-4-5-14-25(26-15-10-19-32-28(26)21-23-12-6-8-17-30(23)34-32)27-16-11-20-33-29(27)22-24-13-7-9-18-31(24)35-33/h6-13,15-22,25H,2-5,14H2,1H3. The average Bonchev–Trinajstić information content (AvgIpc) is 2.90. The van der Waals surface area contributed by atoms with Gasteiger partial charge in [0.25, 0.3) is 0 Å². The number of para-hydroxylation sites is 2. The average molecular weight is 455 g/mol. The van der Waals surface area contributed by atoms with Gasteiger partial charge >= 0.3 is 0 Å². The van der Waals surface area contributed by atoms with Crippen LogP contribution in [-0.4, -0.2) is 9.97 Å². The molecule has 2 heterocycles. The van der Waals surface area contributed by atoms with Crippen LogP contribution in [0, 0.1) is 0 Å². The molecule has 2 heteroatoms. The second kappa shape index (κ2) is 9.46. The van der Waals surface area contributed by atoms with E-state index in [-0.39, 0.29) is 0 Å². The fraction of sp³-hybridized carbons (Fsp3) is 0.212. The fourth-order valence-corrected chi connectivity index (χ4v) is 5.51. The Morgan fingerprint density at radius 3 is 1.60 bits per heavy atom. The molecule has 0 spiro atoms. The van der Waals surface area contributed by atoms with E-state index < -0.39 is 0 Å². The minimum atomic E-state index is 0.296. The molecular weight excluding hydrogens is 424 g/mol. The number of benzene rings is 4. The van der Waals surface area contributed by atoms with Crippen molar-refractivity contribution in [1.82, 2.24) is 9.97 Å². The van der Waals surface area contributed by atoms with Crippen molar-refractivity contribution in [3.8, 4) is 0 Å². The van der Waals surface area contributed by atoms with Crippen molar-refractivity contribution >= 4 is 43.6 Å². The molecule has 0 saturated carbocycles. The lowest BCUT2D eigenvalue weighted by molar-refractivity contribution is 0.600. The molecule has 35 heavy (non-hydrogen) atoms. The summed E-state index contributed by atoms with van der Waals surface area (Å²) in [4.78, 5) is 10.0. The van der Waals surface area contributed by atoms with Crippen molar-refractivity contribution in [1.29, 1.82) is 0 Å². The zero-order chi connectivity index (χ0) is 23.6. The van der Waals surface area contributed by atoms with Crippen LogP contribution in [0.25, 0.3) is 43.6 Å². The van der Waals surface area contributed by atoms with E-state index in [1.165, 1.54) is 58.4 Å². The molecule has 0 radical (unpaired) electrons. The summed E-state index contributed by atoms with van der Waals surface area (Å²) >= 11 is 0. The first-order valence-corrected chi connectivity index (χ1v) is 12.9. The molecule has 0 fully saturated rings. The van der Waals surface area contributed by atoms with Gasteiger partial charge in [-0.1, -0.05) is 93.3 Å². The van der Waals surface area contributed by atoms with E-state index in [4.69, 9.17) is 9.97 Å². The molecule has 2 nitrogen and oxygen atoms in total. The number of pyridine rings is 2. The SMILES string of the molecule is CCCCCCC(c1cccc2nc3ccccc3cc12)c1cccc2nc3ccccc3cc12. The van der Waals surface area contributed by atoms with Gasteiger partial charge < -0.3 is 0 Å². The maximum absolute atomic E-state index is 5.02. The molecule has 2 aromatic heterocycles. The monoisotopic (exact) mass is 454 g/mol. The van der Waals surface area contributed by atoms with Crippen molar-refractivity contribution in [3.63, 3.8) is 0 Å². The first-order chi connectivity index (χ1) is 17.3. The van der Waals surface area contributed by atoms with Crippen molar-refractivity contribution in [2.75, 3.05) is 0 Å². The summed E-state index contributed by atoms with van der Waals surface area (Å²) in [6.45, 7) is 2.28. The lowest BCUT2D eigenvalue weighted by Gasteiger charge is -2.22. The molecule has 0 aliphatic heterocycles. The second-order valence-corrected chi connectivity index (χ2v) is 9.59. The molecule has 0 aliphatic carbocycles. The van der Waals surface area contributed by atoms with Gasteiger partial charge in [0.2, 0.25) is 0 Å². The fourth-order valence-electron chi connectivity index (χ4n) is 5.51. The van der Waals surface area contributed by atoms with Crippen molar-refractivity contribution in [3.05, 3.63) is 108 Å². The van der Waals surface area contributed by atoms with Crippen molar-refractivity contribution in [2.24, 2.45) is 0 Å². The predicted octanol–water partition coefficient (Wildman–Crippen LogP) is 9.19. The zero-order valence-corrected chi connectivity index (χ0v) is 20.2. The van der Waals surface area contributed by atoms with E-state index in [1.807, 2.05) is 0 Å². The molecule has 6 rings (SSSR count). The third-order valence-corrected chi connectivity index (χ3v) is 7.29. The Hall–Kier alpha value is -3.78. The minimum Gasteiger partial charge on any atom is -0.248 e. The highest BCUT2D eigenvalue weighted by Crippen LogP contribution is 2.39. The molecular formula is C33H30N2. The summed E-state index contributed by atoms with van der Waals surface area (Å²) in [5.74, 6) is 0.296. The Kier molecular flexibility index (Phi) is 5.88. The highest BCUT2D eigenvalue weighted by Gasteiger charge is 2.20. The van der Waals surface area contributed by atoms with Crippen LogP contribution in [0.15, 0.2) is 97.1 Å². The number of aromatic nitrogens is 2. The van der Waals surface area contributed by atoms with Crippen LogP contribution in [0.5, 0.6) is 0 Å². The van der Waals surface area contributed by atoms with Gasteiger partial charge in [-0.15, -0.1) is 0 Å². The normalized spacial score (nSPS) is 11.8. The molecule has 0 unspecified atom stereocenters. The zero-order valence-electron chi connectivity index (χ0n) is 20.2. The first-order valence-electron chi connectivity index (χ1n) is 12.9. The lowest BCUT2D eigenvalue weighted by atomic mass is 9.82. The van der Waals surface area contributed by atoms with Gasteiger partial charge in [0.05, 0.1) is 22.1 Å². The third kappa shape index (κ3) is 4.14. The Bertz CT molecular complexity index is 1530. The summed E-state index contributed by atoms with van der Waals surface area (Å²) in [5.41, 5.74) is 7.00. The molecule has 172 valence electrons. The molecule has 0 saturated heterocycles. The van der Waals surface area contributed by atoms with Gasteiger partial charge in [0.1, 0.15) is 0 Å². The Balaban J connectivity index is 1.56. The van der Waals surface area contributed by atoms with Gasteiger partial charge in [-0.05, 0) is 53.9 Å². The number of hydrogen-bond donors (Lipinski definition) is 0. The van der Waals surface area contributed by atoms with Gasteiger partial charge in [0, 0.05) is 27.5 Å². The van der Waals surface area contributed by atoms with E-state index >= 15 is 0 Å².